The number of fused-ring (bicyclic) bond motifs is 1. The number of hydrogen-bond acceptors (Lipinski definition) is 0. The summed E-state index contributed by atoms with van der Waals surface area (Å²) < 4.78 is 7.48. The van der Waals surface area contributed by atoms with Gasteiger partial charge in [0, 0.05) is 0 Å². The maximum absolute atomic E-state index is 3.66. The van der Waals surface area contributed by atoms with E-state index in [2.05, 4.69) is 76.9 Å². The van der Waals surface area contributed by atoms with Gasteiger partial charge in [0.2, 0.25) is 0 Å². The van der Waals surface area contributed by atoms with E-state index in [4.69, 9.17) is 0 Å². The Morgan fingerprint density at radius 3 is 2.11 bits per heavy atom. The van der Waals surface area contributed by atoms with Crippen LogP contribution < -0.4 is 0 Å². The van der Waals surface area contributed by atoms with Gasteiger partial charge in [0.1, 0.15) is 0 Å². The molecule has 0 spiro atoms. The summed E-state index contributed by atoms with van der Waals surface area (Å²) in [6, 6.07) is 4.60. The zero-order chi connectivity index (χ0) is 13.3. The van der Waals surface area contributed by atoms with Crippen molar-refractivity contribution < 1.29 is 0 Å². The SMILES string of the molecule is C[CH2][Sn]([CH2]C)([CH2]C)[CH]1C=Cc2cc(Br)c(Br)cc21. The molecule has 1 aliphatic carbocycles. The topological polar surface area (TPSA) is 0 Å². The summed E-state index contributed by atoms with van der Waals surface area (Å²) in [5.41, 5.74) is 3.00. The van der Waals surface area contributed by atoms with Crippen LogP contribution in [0, 0.1) is 0 Å². The summed E-state index contributed by atoms with van der Waals surface area (Å²) in [7, 11) is 0. The van der Waals surface area contributed by atoms with Crippen molar-refractivity contribution in [1.82, 2.24) is 0 Å². The van der Waals surface area contributed by atoms with Gasteiger partial charge in [0.15, 0.2) is 0 Å². The normalized spacial score (nSPS) is 18.2. The van der Waals surface area contributed by atoms with Crippen LogP contribution in [0.25, 0.3) is 6.08 Å². The molecular weight excluding hydrogens is 459 g/mol. The van der Waals surface area contributed by atoms with E-state index in [1.54, 1.807) is 5.56 Å². The maximum atomic E-state index is 3.66. The molecule has 0 saturated heterocycles. The Morgan fingerprint density at radius 2 is 1.56 bits per heavy atom. The van der Waals surface area contributed by atoms with Gasteiger partial charge in [0.05, 0.1) is 0 Å². The van der Waals surface area contributed by atoms with Crippen molar-refractivity contribution >= 4 is 56.3 Å². The van der Waals surface area contributed by atoms with Crippen LogP contribution >= 0.6 is 31.9 Å². The molecule has 0 fully saturated rings. The first-order chi connectivity index (χ1) is 8.57. The van der Waals surface area contributed by atoms with Crippen LogP contribution in [0.5, 0.6) is 0 Å². The molecule has 0 bridgehead atoms. The van der Waals surface area contributed by atoms with Gasteiger partial charge >= 0.3 is 133 Å². The Hall–Kier alpha value is 0.719. The van der Waals surface area contributed by atoms with Crippen molar-refractivity contribution in [3.63, 3.8) is 0 Å². The zero-order valence-electron chi connectivity index (χ0n) is 11.3. The van der Waals surface area contributed by atoms with E-state index in [0.717, 1.165) is 8.41 Å². The molecule has 1 aliphatic rings. The molecule has 1 atom stereocenters. The summed E-state index contributed by atoms with van der Waals surface area (Å²) in [6.45, 7) is 7.26. The van der Waals surface area contributed by atoms with Crippen LogP contribution in [0.2, 0.25) is 13.3 Å². The van der Waals surface area contributed by atoms with E-state index < -0.39 is 18.4 Å². The van der Waals surface area contributed by atoms with Crippen molar-refractivity contribution in [3.8, 4) is 0 Å². The Balaban J connectivity index is 2.48. The van der Waals surface area contributed by atoms with Crippen LogP contribution in [-0.4, -0.2) is 18.4 Å². The molecule has 1 aromatic rings. The average Bonchev–Trinajstić information content (AvgIpc) is 2.77. The second kappa shape index (κ2) is 6.00. The van der Waals surface area contributed by atoms with Crippen LogP contribution in [-0.2, 0) is 0 Å². The van der Waals surface area contributed by atoms with Crippen molar-refractivity contribution in [3.05, 3.63) is 38.3 Å². The second-order valence-corrected chi connectivity index (χ2v) is 22.5. The molecule has 0 heterocycles. The first-order valence-corrected chi connectivity index (χ1v) is 16.0. The van der Waals surface area contributed by atoms with Crippen molar-refractivity contribution in [2.75, 3.05) is 0 Å². The number of benzene rings is 1. The Kier molecular flexibility index (Phi) is 5.04. The van der Waals surface area contributed by atoms with Gasteiger partial charge < -0.3 is 0 Å². The predicted molar refractivity (Wildman–Crippen MR) is 90.8 cm³/mol. The van der Waals surface area contributed by atoms with E-state index >= 15 is 0 Å². The van der Waals surface area contributed by atoms with Gasteiger partial charge in [0.25, 0.3) is 0 Å². The van der Waals surface area contributed by atoms with Gasteiger partial charge in [-0.15, -0.1) is 0 Å². The fourth-order valence-corrected chi connectivity index (χ4v) is 16.0. The second-order valence-electron chi connectivity index (χ2n) is 5.16. The fourth-order valence-electron chi connectivity index (χ4n) is 3.24. The molecule has 98 valence electrons. The summed E-state index contributed by atoms with van der Waals surface area (Å²) in [4.78, 5) is 0. The monoisotopic (exact) mass is 478 g/mol. The average molecular weight is 479 g/mol. The van der Waals surface area contributed by atoms with Crippen LogP contribution in [0.4, 0.5) is 0 Å². The number of hydrogen-bond donors (Lipinski definition) is 0. The summed E-state index contributed by atoms with van der Waals surface area (Å²) >= 11 is 5.24. The van der Waals surface area contributed by atoms with E-state index in [1.807, 2.05) is 0 Å². The summed E-state index contributed by atoms with van der Waals surface area (Å²) in [5, 5.41) is 0. The fraction of sp³-hybridized carbons (Fsp3) is 0.467. The zero-order valence-corrected chi connectivity index (χ0v) is 17.3. The van der Waals surface area contributed by atoms with E-state index in [-0.39, 0.29) is 0 Å². The molecule has 2 rings (SSSR count). The molecule has 1 unspecified atom stereocenters. The molecule has 1 aromatic carbocycles. The third-order valence-corrected chi connectivity index (χ3v) is 23.8. The predicted octanol–water partition coefficient (Wildman–Crippen LogP) is 6.37. The van der Waals surface area contributed by atoms with Gasteiger partial charge in [-0.05, 0) is 0 Å². The molecule has 0 radical (unpaired) electrons. The van der Waals surface area contributed by atoms with E-state index in [9.17, 15) is 0 Å². The molecule has 0 aromatic heterocycles. The molecule has 18 heavy (non-hydrogen) atoms. The van der Waals surface area contributed by atoms with E-state index in [0.29, 0.717) is 0 Å². The van der Waals surface area contributed by atoms with Gasteiger partial charge in [-0.2, -0.15) is 0 Å². The van der Waals surface area contributed by atoms with Crippen LogP contribution in [0.15, 0.2) is 27.2 Å². The first-order valence-electron chi connectivity index (χ1n) is 6.75. The van der Waals surface area contributed by atoms with Crippen molar-refractivity contribution in [2.45, 2.75) is 38.0 Å². The Bertz CT molecular complexity index is 467. The summed E-state index contributed by atoms with van der Waals surface area (Å²) in [5.74, 6) is 0. The molecule has 3 heteroatoms. The quantitative estimate of drug-likeness (QED) is 0.441. The van der Waals surface area contributed by atoms with E-state index in [1.165, 1.54) is 23.3 Å². The molecule has 0 nitrogen and oxygen atoms in total. The number of allylic oxidation sites excluding steroid dienone is 1. The minimum atomic E-state index is -2.02. The van der Waals surface area contributed by atoms with Crippen LogP contribution in [0.3, 0.4) is 0 Å². The van der Waals surface area contributed by atoms with Crippen molar-refractivity contribution in [1.29, 1.82) is 0 Å². The standard InChI is InChI=1S/C9H5Br2.3C2H5.Sn/c10-8-4-6-2-1-3-7(6)5-9(8)11;3*1-2;/h1-5H;3*1H2,2H3;. The molecule has 0 saturated carbocycles. The molecule has 0 aliphatic heterocycles. The Labute approximate surface area is 131 Å². The first kappa shape index (κ1) is 15.1. The van der Waals surface area contributed by atoms with Gasteiger partial charge in [-0.1, -0.05) is 0 Å². The molecule has 0 N–H and O–H groups in total. The number of halogens is 2. The van der Waals surface area contributed by atoms with Crippen molar-refractivity contribution in [2.24, 2.45) is 0 Å². The number of rotatable bonds is 4. The van der Waals surface area contributed by atoms with Crippen LogP contribution in [0.1, 0.15) is 35.8 Å². The molecule has 0 amide bonds. The third-order valence-electron chi connectivity index (χ3n) is 4.70. The third kappa shape index (κ3) is 2.49. The Morgan fingerprint density at radius 1 is 1.00 bits per heavy atom. The minimum absolute atomic E-state index is 0.777. The van der Waals surface area contributed by atoms with Gasteiger partial charge in [-0.25, -0.2) is 0 Å². The molecular formula is C15H20Br2Sn. The van der Waals surface area contributed by atoms with Gasteiger partial charge in [-0.3, -0.25) is 0 Å². The summed E-state index contributed by atoms with van der Waals surface area (Å²) in [6.07, 6.45) is 4.83.